The summed E-state index contributed by atoms with van der Waals surface area (Å²) in [7, 11) is 0. The first-order valence-corrected chi connectivity index (χ1v) is 12.8. The minimum atomic E-state index is -0.349. The van der Waals surface area contributed by atoms with Gasteiger partial charge in [0.1, 0.15) is 12.4 Å². The molecule has 1 aliphatic heterocycles. The summed E-state index contributed by atoms with van der Waals surface area (Å²) in [6, 6.07) is 12.7. The monoisotopic (exact) mass is 480 g/mol. The maximum absolute atomic E-state index is 12.7. The van der Waals surface area contributed by atoms with Crippen LogP contribution in [0, 0.1) is 11.8 Å². The van der Waals surface area contributed by atoms with Gasteiger partial charge in [-0.05, 0) is 73.1 Å². The molecule has 1 aromatic heterocycles. The van der Waals surface area contributed by atoms with Gasteiger partial charge in [-0.25, -0.2) is 0 Å². The first-order valence-electron chi connectivity index (χ1n) is 12.8. The van der Waals surface area contributed by atoms with E-state index in [4.69, 9.17) is 10.5 Å². The van der Waals surface area contributed by atoms with E-state index in [0.717, 1.165) is 50.2 Å². The van der Waals surface area contributed by atoms with Crippen molar-refractivity contribution in [1.29, 1.82) is 0 Å². The molecule has 1 aromatic carbocycles. The third-order valence-corrected chi connectivity index (χ3v) is 6.60. The fourth-order valence-electron chi connectivity index (χ4n) is 4.57. The lowest BCUT2D eigenvalue weighted by Crippen LogP contribution is -2.47. The predicted octanol–water partition coefficient (Wildman–Crippen LogP) is 4.41. The molecular formula is C28H40N4O3. The summed E-state index contributed by atoms with van der Waals surface area (Å²) in [5, 5.41) is 0. The molecule has 0 aliphatic carbocycles. The van der Waals surface area contributed by atoms with Gasteiger partial charge in [0.15, 0.2) is 0 Å². The molecule has 0 spiro atoms. The van der Waals surface area contributed by atoms with E-state index in [2.05, 4.69) is 35.9 Å². The number of hydrogen-bond acceptors (Lipinski definition) is 5. The van der Waals surface area contributed by atoms with Crippen molar-refractivity contribution in [3.8, 4) is 5.75 Å². The van der Waals surface area contributed by atoms with Gasteiger partial charge in [-0.15, -0.1) is 0 Å². The van der Waals surface area contributed by atoms with Crippen LogP contribution in [-0.2, 0) is 16.2 Å². The molecule has 1 unspecified atom stereocenters. The number of carbonyl (C=O) groups excluding carboxylic acids is 2. The van der Waals surface area contributed by atoms with Crippen molar-refractivity contribution in [3.63, 3.8) is 0 Å². The number of hydrogen-bond donors (Lipinski definition) is 1. The Hall–Kier alpha value is -3.09. The van der Waals surface area contributed by atoms with Gasteiger partial charge in [-0.1, -0.05) is 20.8 Å². The highest BCUT2D eigenvalue weighted by atomic mass is 16.5. The van der Waals surface area contributed by atoms with Crippen LogP contribution in [0.25, 0.3) is 0 Å². The van der Waals surface area contributed by atoms with Crippen molar-refractivity contribution in [2.24, 2.45) is 17.6 Å². The maximum Gasteiger partial charge on any atom is 0.222 e. The van der Waals surface area contributed by atoms with Crippen LogP contribution < -0.4 is 15.4 Å². The Labute approximate surface area is 209 Å². The third-order valence-electron chi connectivity index (χ3n) is 6.60. The maximum atomic E-state index is 12.7. The van der Waals surface area contributed by atoms with Crippen LogP contribution in [0.5, 0.6) is 5.75 Å². The molecule has 1 aliphatic rings. The number of piperidine rings is 1. The van der Waals surface area contributed by atoms with Gasteiger partial charge in [-0.3, -0.25) is 14.6 Å². The Morgan fingerprint density at radius 3 is 2.31 bits per heavy atom. The van der Waals surface area contributed by atoms with E-state index in [-0.39, 0.29) is 24.2 Å². The highest BCUT2D eigenvalue weighted by molar-refractivity contribution is 5.78. The zero-order valence-corrected chi connectivity index (χ0v) is 21.4. The second-order valence-electron chi connectivity index (χ2n) is 10.1. The number of primary amides is 1. The highest BCUT2D eigenvalue weighted by Crippen LogP contribution is 2.27. The summed E-state index contributed by atoms with van der Waals surface area (Å²) in [5.74, 6) is 1.23. The van der Waals surface area contributed by atoms with Gasteiger partial charge in [0.05, 0.1) is 0 Å². The van der Waals surface area contributed by atoms with E-state index < -0.39 is 0 Å². The summed E-state index contributed by atoms with van der Waals surface area (Å²) in [5.41, 5.74) is 7.56. The Bertz CT molecular complexity index is 925. The minimum absolute atomic E-state index is 0.0143. The molecule has 35 heavy (non-hydrogen) atoms. The normalized spacial score (nSPS) is 15.1. The summed E-state index contributed by atoms with van der Waals surface area (Å²) in [6.07, 6.45) is 7.18. The second-order valence-corrected chi connectivity index (χ2v) is 10.1. The molecule has 1 atom stereocenters. The highest BCUT2D eigenvalue weighted by Gasteiger charge is 2.28. The van der Waals surface area contributed by atoms with E-state index >= 15 is 0 Å². The van der Waals surface area contributed by atoms with Gasteiger partial charge in [0.25, 0.3) is 0 Å². The SMILES string of the molecule is CC(C)CCN(c1ccc(OCc2ccncc2)cc1)C1CCN(C(=O)CC(C)CC(N)=O)CC1. The smallest absolute Gasteiger partial charge is 0.222 e. The standard InChI is InChI=1S/C28H40N4O3/c1-21(2)10-17-32(24-4-6-26(7-5-24)35-20-23-8-13-30-14-9-23)25-11-15-31(16-12-25)28(34)19-22(3)18-27(29)33/h4-9,13-14,21-22,25H,10-12,15-20H2,1-3H3,(H2,29,33). The van der Waals surface area contributed by atoms with Crippen LogP contribution in [0.1, 0.15) is 58.4 Å². The number of aromatic nitrogens is 1. The van der Waals surface area contributed by atoms with Gasteiger partial charge in [0.2, 0.25) is 11.8 Å². The molecular weight excluding hydrogens is 440 g/mol. The molecule has 1 saturated heterocycles. The van der Waals surface area contributed by atoms with E-state index in [1.165, 1.54) is 5.69 Å². The molecule has 1 fully saturated rings. The number of benzene rings is 1. The summed E-state index contributed by atoms with van der Waals surface area (Å²) in [6.45, 7) is 9.42. The lowest BCUT2D eigenvalue weighted by atomic mass is 9.98. The van der Waals surface area contributed by atoms with Crippen LogP contribution in [0.15, 0.2) is 48.8 Å². The average Bonchev–Trinajstić information content (AvgIpc) is 2.84. The fourth-order valence-corrected chi connectivity index (χ4v) is 4.57. The Kier molecular flexibility index (Phi) is 9.94. The number of pyridine rings is 1. The number of likely N-dealkylation sites (tertiary alicyclic amines) is 1. The number of amides is 2. The largest absolute Gasteiger partial charge is 0.489 e. The van der Waals surface area contributed by atoms with Crippen LogP contribution in [0.3, 0.4) is 0 Å². The first kappa shape index (κ1) is 26.5. The van der Waals surface area contributed by atoms with Crippen molar-refractivity contribution in [3.05, 3.63) is 54.4 Å². The molecule has 0 bridgehead atoms. The Morgan fingerprint density at radius 1 is 1.06 bits per heavy atom. The Morgan fingerprint density at radius 2 is 1.71 bits per heavy atom. The second kappa shape index (κ2) is 13.1. The minimum Gasteiger partial charge on any atom is -0.489 e. The van der Waals surface area contributed by atoms with Gasteiger partial charge < -0.3 is 20.3 Å². The average molecular weight is 481 g/mol. The van der Waals surface area contributed by atoms with E-state index in [1.807, 2.05) is 36.1 Å². The molecule has 2 aromatic rings. The Balaban J connectivity index is 1.58. The van der Waals surface area contributed by atoms with Crippen LogP contribution in [0.4, 0.5) is 5.69 Å². The summed E-state index contributed by atoms with van der Waals surface area (Å²) >= 11 is 0. The molecule has 3 rings (SSSR count). The van der Waals surface area contributed by atoms with Crippen LogP contribution >= 0.6 is 0 Å². The van der Waals surface area contributed by atoms with E-state index in [0.29, 0.717) is 25.0 Å². The van der Waals surface area contributed by atoms with E-state index in [9.17, 15) is 9.59 Å². The molecule has 0 saturated carbocycles. The lowest BCUT2D eigenvalue weighted by molar-refractivity contribution is -0.133. The van der Waals surface area contributed by atoms with Crippen molar-refractivity contribution in [2.75, 3.05) is 24.5 Å². The number of nitrogens with zero attached hydrogens (tertiary/aromatic N) is 3. The molecule has 7 nitrogen and oxygen atoms in total. The quantitative estimate of drug-likeness (QED) is 0.486. The van der Waals surface area contributed by atoms with Crippen molar-refractivity contribution in [1.82, 2.24) is 9.88 Å². The molecule has 190 valence electrons. The molecule has 7 heteroatoms. The van der Waals surface area contributed by atoms with E-state index in [1.54, 1.807) is 12.4 Å². The van der Waals surface area contributed by atoms with Crippen LogP contribution in [0.2, 0.25) is 0 Å². The number of ether oxygens (including phenoxy) is 1. The summed E-state index contributed by atoms with van der Waals surface area (Å²) in [4.78, 5) is 32.3. The topological polar surface area (TPSA) is 88.8 Å². The first-order chi connectivity index (χ1) is 16.8. The van der Waals surface area contributed by atoms with Gasteiger partial charge >= 0.3 is 0 Å². The number of rotatable bonds is 12. The molecule has 0 radical (unpaired) electrons. The van der Waals surface area contributed by atoms with Crippen molar-refractivity contribution < 1.29 is 14.3 Å². The zero-order chi connectivity index (χ0) is 25.2. The van der Waals surface area contributed by atoms with Crippen molar-refractivity contribution in [2.45, 2.75) is 65.5 Å². The number of carbonyl (C=O) groups is 2. The van der Waals surface area contributed by atoms with Crippen molar-refractivity contribution >= 4 is 17.5 Å². The fraction of sp³-hybridized carbons (Fsp3) is 0.536. The molecule has 2 heterocycles. The summed E-state index contributed by atoms with van der Waals surface area (Å²) < 4.78 is 5.95. The molecule has 2 N–H and O–H groups in total. The number of nitrogens with two attached hydrogens (primary N) is 1. The van der Waals surface area contributed by atoms with Gasteiger partial charge in [0, 0.05) is 56.6 Å². The predicted molar refractivity (Wildman–Crippen MR) is 139 cm³/mol. The van der Waals surface area contributed by atoms with Crippen LogP contribution in [-0.4, -0.2) is 47.4 Å². The van der Waals surface area contributed by atoms with Gasteiger partial charge in [-0.2, -0.15) is 0 Å². The number of anilines is 1. The zero-order valence-electron chi connectivity index (χ0n) is 21.4. The third kappa shape index (κ3) is 8.57. The molecule has 2 amide bonds. The lowest BCUT2D eigenvalue weighted by Gasteiger charge is -2.40.